The summed E-state index contributed by atoms with van der Waals surface area (Å²) in [5, 5.41) is 2.92. The number of hydrogen-bond donors (Lipinski definition) is 1. The second kappa shape index (κ2) is 5.51. The van der Waals surface area contributed by atoms with Gasteiger partial charge in [0, 0.05) is 19.0 Å². The SMILES string of the molecule is Cc1ccc(CN2C(=O)C(C3CC3)NC(=O)CC2C)cc1. The van der Waals surface area contributed by atoms with Crippen LogP contribution in [-0.4, -0.2) is 28.8 Å². The van der Waals surface area contributed by atoms with Gasteiger partial charge in [-0.1, -0.05) is 29.8 Å². The predicted octanol–water partition coefficient (Wildman–Crippen LogP) is 2.01. The van der Waals surface area contributed by atoms with Crippen molar-refractivity contribution in [3.63, 3.8) is 0 Å². The molecule has 2 amide bonds. The molecule has 1 N–H and O–H groups in total. The molecule has 112 valence electrons. The molecule has 0 aromatic heterocycles. The van der Waals surface area contributed by atoms with Gasteiger partial charge >= 0.3 is 0 Å². The average Bonchev–Trinajstić information content (AvgIpc) is 3.27. The molecule has 1 aromatic rings. The van der Waals surface area contributed by atoms with Crippen molar-refractivity contribution in [2.75, 3.05) is 0 Å². The topological polar surface area (TPSA) is 49.4 Å². The minimum atomic E-state index is -0.312. The molecule has 0 bridgehead atoms. The summed E-state index contributed by atoms with van der Waals surface area (Å²) in [6.45, 7) is 4.59. The third-order valence-electron chi connectivity index (χ3n) is 4.45. The number of carbonyl (C=O) groups excluding carboxylic acids is 2. The Morgan fingerprint density at radius 3 is 2.48 bits per heavy atom. The smallest absolute Gasteiger partial charge is 0.245 e. The number of amides is 2. The van der Waals surface area contributed by atoms with Crippen LogP contribution in [0.2, 0.25) is 0 Å². The van der Waals surface area contributed by atoms with E-state index in [0.29, 0.717) is 18.9 Å². The zero-order valence-electron chi connectivity index (χ0n) is 12.6. The van der Waals surface area contributed by atoms with Crippen molar-refractivity contribution in [2.45, 2.75) is 51.7 Å². The van der Waals surface area contributed by atoms with Gasteiger partial charge in [-0.2, -0.15) is 0 Å². The van der Waals surface area contributed by atoms with E-state index in [1.807, 2.05) is 11.8 Å². The second-order valence-corrected chi connectivity index (χ2v) is 6.39. The van der Waals surface area contributed by atoms with Crippen LogP contribution in [-0.2, 0) is 16.1 Å². The highest BCUT2D eigenvalue weighted by atomic mass is 16.2. The fourth-order valence-electron chi connectivity index (χ4n) is 2.94. The molecule has 21 heavy (non-hydrogen) atoms. The Morgan fingerprint density at radius 1 is 1.19 bits per heavy atom. The van der Waals surface area contributed by atoms with Crippen molar-refractivity contribution in [1.82, 2.24) is 10.2 Å². The molecule has 4 nitrogen and oxygen atoms in total. The lowest BCUT2D eigenvalue weighted by Gasteiger charge is -2.29. The van der Waals surface area contributed by atoms with Gasteiger partial charge in [0.15, 0.2) is 0 Å². The highest BCUT2D eigenvalue weighted by molar-refractivity contribution is 5.91. The summed E-state index contributed by atoms with van der Waals surface area (Å²) >= 11 is 0. The van der Waals surface area contributed by atoms with E-state index in [1.54, 1.807) is 0 Å². The predicted molar refractivity (Wildman–Crippen MR) is 80.5 cm³/mol. The Balaban J connectivity index is 1.81. The van der Waals surface area contributed by atoms with E-state index in [0.717, 1.165) is 18.4 Å². The first kappa shape index (κ1) is 14.1. The highest BCUT2D eigenvalue weighted by Gasteiger charge is 2.42. The van der Waals surface area contributed by atoms with E-state index in [-0.39, 0.29) is 23.9 Å². The van der Waals surface area contributed by atoms with Crippen LogP contribution < -0.4 is 5.32 Å². The number of nitrogens with one attached hydrogen (secondary N) is 1. The van der Waals surface area contributed by atoms with E-state index in [4.69, 9.17) is 0 Å². The van der Waals surface area contributed by atoms with E-state index in [9.17, 15) is 9.59 Å². The molecule has 0 spiro atoms. The van der Waals surface area contributed by atoms with Gasteiger partial charge in [-0.3, -0.25) is 9.59 Å². The number of rotatable bonds is 3. The molecule has 4 heteroatoms. The van der Waals surface area contributed by atoms with E-state index < -0.39 is 0 Å². The molecule has 1 heterocycles. The molecule has 1 aliphatic heterocycles. The summed E-state index contributed by atoms with van der Waals surface area (Å²) in [7, 11) is 0. The molecule has 2 fully saturated rings. The molecule has 2 unspecified atom stereocenters. The van der Waals surface area contributed by atoms with E-state index >= 15 is 0 Å². The van der Waals surface area contributed by atoms with Gasteiger partial charge in [0.25, 0.3) is 0 Å². The molecule has 3 rings (SSSR count). The van der Waals surface area contributed by atoms with Crippen LogP contribution in [0.5, 0.6) is 0 Å². The molecule has 1 saturated heterocycles. The molecular formula is C17H22N2O2. The minimum absolute atomic E-state index is 0.000781. The summed E-state index contributed by atoms with van der Waals surface area (Å²) in [6, 6.07) is 7.87. The molecule has 2 aliphatic rings. The largest absolute Gasteiger partial charge is 0.344 e. The quantitative estimate of drug-likeness (QED) is 0.924. The number of nitrogens with zero attached hydrogens (tertiary/aromatic N) is 1. The van der Waals surface area contributed by atoms with Gasteiger partial charge in [0.2, 0.25) is 11.8 Å². The molecule has 0 radical (unpaired) electrons. The first-order chi connectivity index (χ1) is 10.0. The molecule has 2 atom stereocenters. The number of benzene rings is 1. The van der Waals surface area contributed by atoms with Crippen LogP contribution in [0, 0.1) is 12.8 Å². The molecule has 1 aromatic carbocycles. The Hall–Kier alpha value is -1.84. The minimum Gasteiger partial charge on any atom is -0.344 e. The Kier molecular flexibility index (Phi) is 3.70. The Bertz CT molecular complexity index is 548. The molecular weight excluding hydrogens is 264 g/mol. The summed E-state index contributed by atoms with van der Waals surface area (Å²) in [5.41, 5.74) is 2.33. The molecule has 1 aliphatic carbocycles. The lowest BCUT2D eigenvalue weighted by Crippen LogP contribution is -2.47. The van der Waals surface area contributed by atoms with Gasteiger partial charge in [0.05, 0.1) is 0 Å². The van der Waals surface area contributed by atoms with Crippen LogP contribution in [0.1, 0.15) is 37.3 Å². The first-order valence-corrected chi connectivity index (χ1v) is 7.70. The standard InChI is InChI=1S/C17H22N2O2/c1-11-3-5-13(6-4-11)10-19-12(2)9-15(20)18-16(17(19)21)14-7-8-14/h3-6,12,14,16H,7-10H2,1-2H3,(H,18,20). The van der Waals surface area contributed by atoms with Gasteiger partial charge in [0.1, 0.15) is 6.04 Å². The maximum Gasteiger partial charge on any atom is 0.245 e. The Labute approximate surface area is 125 Å². The lowest BCUT2D eigenvalue weighted by atomic mass is 10.1. The van der Waals surface area contributed by atoms with Crippen molar-refractivity contribution in [1.29, 1.82) is 0 Å². The molecule has 1 saturated carbocycles. The van der Waals surface area contributed by atoms with Crippen molar-refractivity contribution in [3.05, 3.63) is 35.4 Å². The maximum absolute atomic E-state index is 12.8. The number of aryl methyl sites for hydroxylation is 1. The zero-order chi connectivity index (χ0) is 15.0. The first-order valence-electron chi connectivity index (χ1n) is 7.70. The van der Waals surface area contributed by atoms with Crippen molar-refractivity contribution < 1.29 is 9.59 Å². The summed E-state index contributed by atoms with van der Waals surface area (Å²) in [4.78, 5) is 26.6. The van der Waals surface area contributed by atoms with Crippen molar-refractivity contribution in [2.24, 2.45) is 5.92 Å². The monoisotopic (exact) mass is 286 g/mol. The summed E-state index contributed by atoms with van der Waals surface area (Å²) in [6.07, 6.45) is 2.48. The fraction of sp³-hybridized carbons (Fsp3) is 0.529. The van der Waals surface area contributed by atoms with Gasteiger partial charge < -0.3 is 10.2 Å². The maximum atomic E-state index is 12.8. The third-order valence-corrected chi connectivity index (χ3v) is 4.45. The van der Waals surface area contributed by atoms with Gasteiger partial charge in [-0.15, -0.1) is 0 Å². The third kappa shape index (κ3) is 3.09. The average molecular weight is 286 g/mol. The van der Waals surface area contributed by atoms with E-state index in [1.165, 1.54) is 5.56 Å². The highest BCUT2D eigenvalue weighted by Crippen LogP contribution is 2.35. The van der Waals surface area contributed by atoms with Gasteiger partial charge in [-0.25, -0.2) is 0 Å². The van der Waals surface area contributed by atoms with Crippen LogP contribution >= 0.6 is 0 Å². The zero-order valence-corrected chi connectivity index (χ0v) is 12.6. The van der Waals surface area contributed by atoms with Crippen LogP contribution in [0.25, 0.3) is 0 Å². The van der Waals surface area contributed by atoms with Crippen molar-refractivity contribution >= 4 is 11.8 Å². The number of hydrogen-bond acceptors (Lipinski definition) is 2. The van der Waals surface area contributed by atoms with Crippen LogP contribution in [0.15, 0.2) is 24.3 Å². The van der Waals surface area contributed by atoms with Crippen molar-refractivity contribution in [3.8, 4) is 0 Å². The Morgan fingerprint density at radius 2 is 1.86 bits per heavy atom. The van der Waals surface area contributed by atoms with E-state index in [2.05, 4.69) is 36.5 Å². The van der Waals surface area contributed by atoms with Gasteiger partial charge in [-0.05, 0) is 38.2 Å². The normalized spacial score (nSPS) is 26.5. The van der Waals surface area contributed by atoms with Crippen LogP contribution in [0.3, 0.4) is 0 Å². The second-order valence-electron chi connectivity index (χ2n) is 6.39. The summed E-state index contributed by atoms with van der Waals surface area (Å²) < 4.78 is 0. The fourth-order valence-corrected chi connectivity index (χ4v) is 2.94. The number of carbonyl (C=O) groups is 2. The van der Waals surface area contributed by atoms with Crippen LogP contribution in [0.4, 0.5) is 0 Å². The summed E-state index contributed by atoms with van der Waals surface area (Å²) in [5.74, 6) is 0.419. The lowest BCUT2D eigenvalue weighted by molar-refractivity contribution is -0.136.